The summed E-state index contributed by atoms with van der Waals surface area (Å²) in [7, 11) is 0. The number of rotatable bonds is 6. The molecule has 1 saturated carbocycles. The zero-order chi connectivity index (χ0) is 27.2. The molecule has 0 radical (unpaired) electrons. The number of anilines is 1. The molecule has 2 aliphatic heterocycles. The van der Waals surface area contributed by atoms with Gasteiger partial charge >= 0.3 is 0 Å². The number of imidazole rings is 1. The van der Waals surface area contributed by atoms with Gasteiger partial charge in [0.2, 0.25) is 0 Å². The first kappa shape index (κ1) is 25.2. The number of ether oxygens (including phenoxy) is 2. The van der Waals surface area contributed by atoms with E-state index in [1.165, 1.54) is 0 Å². The standard InChI is InChI=1S/C29H28ClFN6O3/c30-29-23(7-8-24(34-29)35-12-14-39-15-13-35)40-17-26(38)36-11-9-22-28(37-25(33-22)2-1-10-32-37)27(36)20-6-5-19(16-21(20)31)18-3-4-18/h1-2,5-8,10,16,18,27H,3-4,9,11-15,17H2. The van der Waals surface area contributed by atoms with E-state index in [0.717, 1.165) is 43.0 Å². The van der Waals surface area contributed by atoms with Crippen LogP contribution >= 0.6 is 11.6 Å². The van der Waals surface area contributed by atoms with Gasteiger partial charge in [-0.05, 0) is 54.7 Å². The molecule has 3 aliphatic rings. The predicted molar refractivity (Wildman–Crippen MR) is 146 cm³/mol. The van der Waals surface area contributed by atoms with Gasteiger partial charge in [0.15, 0.2) is 23.2 Å². The highest BCUT2D eigenvalue weighted by molar-refractivity contribution is 6.31. The van der Waals surface area contributed by atoms with Gasteiger partial charge in [0.25, 0.3) is 5.91 Å². The summed E-state index contributed by atoms with van der Waals surface area (Å²) < 4.78 is 28.7. The zero-order valence-electron chi connectivity index (χ0n) is 21.8. The molecule has 1 unspecified atom stereocenters. The van der Waals surface area contributed by atoms with Crippen molar-refractivity contribution < 1.29 is 18.7 Å². The van der Waals surface area contributed by atoms with Crippen LogP contribution in [0.2, 0.25) is 5.15 Å². The summed E-state index contributed by atoms with van der Waals surface area (Å²) in [6, 6.07) is 11.9. The van der Waals surface area contributed by atoms with Gasteiger partial charge in [-0.3, -0.25) is 4.79 Å². The Balaban J connectivity index is 1.17. The maximum absolute atomic E-state index is 15.7. The number of nitrogens with zero attached hydrogens (tertiary/aromatic N) is 6. The SMILES string of the molecule is O=C(COc1ccc(N2CCOCC2)nc1Cl)N1CCc2nc3cccnn3c2C1c1ccc(C2CC2)cc1F. The molecule has 1 aliphatic carbocycles. The summed E-state index contributed by atoms with van der Waals surface area (Å²) >= 11 is 6.44. The van der Waals surface area contributed by atoms with Crippen molar-refractivity contribution >= 4 is 29.0 Å². The van der Waals surface area contributed by atoms with E-state index in [1.54, 1.807) is 33.8 Å². The maximum atomic E-state index is 15.7. The van der Waals surface area contributed by atoms with Gasteiger partial charge in [-0.15, -0.1) is 0 Å². The lowest BCUT2D eigenvalue weighted by molar-refractivity contribution is -0.135. The molecule has 0 spiro atoms. The van der Waals surface area contributed by atoms with Gasteiger partial charge < -0.3 is 19.3 Å². The van der Waals surface area contributed by atoms with E-state index in [4.69, 9.17) is 26.1 Å². The normalized spacial score (nSPS) is 19.1. The highest BCUT2D eigenvalue weighted by atomic mass is 35.5. The van der Waals surface area contributed by atoms with E-state index in [2.05, 4.69) is 15.0 Å². The summed E-state index contributed by atoms with van der Waals surface area (Å²) in [5.74, 6) is 0.846. The van der Waals surface area contributed by atoms with Gasteiger partial charge in [-0.1, -0.05) is 23.7 Å². The molecular weight excluding hydrogens is 535 g/mol. The summed E-state index contributed by atoms with van der Waals surface area (Å²) in [4.78, 5) is 26.6. The number of benzene rings is 1. The van der Waals surface area contributed by atoms with Crippen LogP contribution in [0.15, 0.2) is 48.7 Å². The van der Waals surface area contributed by atoms with E-state index in [0.29, 0.717) is 54.8 Å². The van der Waals surface area contributed by atoms with Gasteiger partial charge in [0, 0.05) is 37.8 Å². The lowest BCUT2D eigenvalue weighted by Gasteiger charge is -2.35. The van der Waals surface area contributed by atoms with Crippen molar-refractivity contribution in [2.24, 2.45) is 0 Å². The van der Waals surface area contributed by atoms with Crippen LogP contribution < -0.4 is 9.64 Å². The zero-order valence-corrected chi connectivity index (χ0v) is 22.6. The van der Waals surface area contributed by atoms with E-state index in [1.807, 2.05) is 24.3 Å². The van der Waals surface area contributed by atoms with Crippen LogP contribution in [0.3, 0.4) is 0 Å². The van der Waals surface area contributed by atoms with Gasteiger partial charge in [-0.2, -0.15) is 5.10 Å². The number of aromatic nitrogens is 4. The molecule has 0 N–H and O–H groups in total. The molecule has 3 aromatic heterocycles. The molecule has 7 rings (SSSR count). The van der Waals surface area contributed by atoms with Gasteiger partial charge in [0.05, 0.1) is 24.6 Å². The Labute approximate surface area is 235 Å². The van der Waals surface area contributed by atoms with Crippen molar-refractivity contribution in [3.05, 3.63) is 82.1 Å². The number of pyridine rings is 1. The fourth-order valence-electron chi connectivity index (χ4n) is 5.64. The Bertz CT molecular complexity index is 1590. The Hall–Kier alpha value is -3.76. The minimum Gasteiger partial charge on any atom is -0.481 e. The van der Waals surface area contributed by atoms with E-state index in [9.17, 15) is 4.79 Å². The molecule has 1 amide bonds. The van der Waals surface area contributed by atoms with Crippen molar-refractivity contribution in [2.45, 2.75) is 31.2 Å². The summed E-state index contributed by atoms with van der Waals surface area (Å²) in [5.41, 5.74) is 3.59. The topological polar surface area (TPSA) is 85.1 Å². The first-order chi connectivity index (χ1) is 19.6. The fraction of sp³-hybridized carbons (Fsp3) is 0.379. The second-order valence-corrected chi connectivity index (χ2v) is 10.7. The number of amides is 1. The minimum atomic E-state index is -0.699. The van der Waals surface area contributed by atoms with Crippen LogP contribution in [-0.4, -0.2) is 69.8 Å². The van der Waals surface area contributed by atoms with Crippen molar-refractivity contribution in [2.75, 3.05) is 44.4 Å². The number of halogens is 2. The summed E-state index contributed by atoms with van der Waals surface area (Å²) in [6.45, 7) is 2.84. The third-order valence-electron chi connectivity index (χ3n) is 7.84. The average Bonchev–Trinajstić information content (AvgIpc) is 3.76. The first-order valence-corrected chi connectivity index (χ1v) is 14.0. The van der Waals surface area contributed by atoms with Crippen LogP contribution in [0.25, 0.3) is 5.65 Å². The molecule has 2 fully saturated rings. The second kappa shape index (κ2) is 10.3. The Kier molecular flexibility index (Phi) is 6.51. The number of hydrogen-bond donors (Lipinski definition) is 0. The Morgan fingerprint density at radius 1 is 1.10 bits per heavy atom. The van der Waals surface area contributed by atoms with Crippen LogP contribution in [0.5, 0.6) is 5.75 Å². The second-order valence-electron chi connectivity index (χ2n) is 10.4. The molecule has 0 bridgehead atoms. The quantitative estimate of drug-likeness (QED) is 0.326. The summed E-state index contributed by atoms with van der Waals surface area (Å²) in [5, 5.41) is 4.67. The van der Waals surface area contributed by atoms with E-state index in [-0.39, 0.29) is 23.5 Å². The monoisotopic (exact) mass is 562 g/mol. The molecule has 11 heteroatoms. The average molecular weight is 563 g/mol. The molecule has 1 atom stereocenters. The minimum absolute atomic E-state index is 0.182. The maximum Gasteiger partial charge on any atom is 0.261 e. The third kappa shape index (κ3) is 4.65. The van der Waals surface area contributed by atoms with Crippen molar-refractivity contribution in [1.29, 1.82) is 0 Å². The third-order valence-corrected chi connectivity index (χ3v) is 8.11. The van der Waals surface area contributed by atoms with Crippen LogP contribution in [0.1, 0.15) is 47.3 Å². The number of hydrogen-bond acceptors (Lipinski definition) is 7. The molecule has 206 valence electrons. The molecule has 4 aromatic rings. The number of fused-ring (bicyclic) bond motifs is 3. The van der Waals surface area contributed by atoms with Crippen molar-refractivity contribution in [3.8, 4) is 5.75 Å². The van der Waals surface area contributed by atoms with Crippen LogP contribution in [-0.2, 0) is 16.0 Å². The van der Waals surface area contributed by atoms with Crippen LogP contribution in [0, 0.1) is 5.82 Å². The van der Waals surface area contributed by atoms with Gasteiger partial charge in [-0.25, -0.2) is 18.9 Å². The lowest BCUT2D eigenvalue weighted by atomic mass is 9.93. The number of carbonyl (C=O) groups excluding carboxylic acids is 1. The Morgan fingerprint density at radius 3 is 2.73 bits per heavy atom. The Morgan fingerprint density at radius 2 is 1.95 bits per heavy atom. The van der Waals surface area contributed by atoms with Crippen LogP contribution in [0.4, 0.5) is 10.2 Å². The highest BCUT2D eigenvalue weighted by Crippen LogP contribution is 2.42. The van der Waals surface area contributed by atoms with E-state index < -0.39 is 6.04 Å². The predicted octanol–water partition coefficient (Wildman–Crippen LogP) is 4.18. The smallest absolute Gasteiger partial charge is 0.261 e. The van der Waals surface area contributed by atoms with E-state index >= 15 is 4.39 Å². The number of morpholine rings is 1. The molecular formula is C29H28ClFN6O3. The first-order valence-electron chi connectivity index (χ1n) is 13.6. The summed E-state index contributed by atoms with van der Waals surface area (Å²) in [6.07, 6.45) is 4.35. The fourth-order valence-corrected chi connectivity index (χ4v) is 5.85. The number of carbonyl (C=O) groups is 1. The molecule has 5 heterocycles. The lowest BCUT2D eigenvalue weighted by Crippen LogP contribution is -2.43. The molecule has 1 saturated heterocycles. The molecule has 9 nitrogen and oxygen atoms in total. The molecule has 1 aromatic carbocycles. The van der Waals surface area contributed by atoms with Gasteiger partial charge in [0.1, 0.15) is 17.7 Å². The highest BCUT2D eigenvalue weighted by Gasteiger charge is 2.38. The largest absolute Gasteiger partial charge is 0.481 e. The van der Waals surface area contributed by atoms with Crippen molar-refractivity contribution in [3.63, 3.8) is 0 Å². The van der Waals surface area contributed by atoms with Crippen molar-refractivity contribution in [1.82, 2.24) is 24.5 Å². The molecule has 40 heavy (non-hydrogen) atoms.